The van der Waals surface area contributed by atoms with Crippen LogP contribution in [0, 0.1) is 5.92 Å². The zero-order valence-electron chi connectivity index (χ0n) is 16.7. The highest BCUT2D eigenvalue weighted by Gasteiger charge is 2.29. The van der Waals surface area contributed by atoms with Gasteiger partial charge in [-0.15, -0.1) is 35.3 Å². The predicted octanol–water partition coefficient (Wildman–Crippen LogP) is 2.26. The van der Waals surface area contributed by atoms with Gasteiger partial charge in [-0.2, -0.15) is 4.31 Å². The lowest BCUT2D eigenvalue weighted by Crippen LogP contribution is -2.54. The van der Waals surface area contributed by atoms with Crippen LogP contribution < -0.4 is 5.32 Å². The molecular formula is C18H28IN5O3S2. The standard InChI is InChI=1S/C18H27N5O3S2.HI/c1-15(12-17-4-3-11-27-17)13-20-18(19-2)22-6-8-23(9-7-22)28(24,25)14-16-5-10-26-21-16;/h3-5,10-11,15H,6-9,12-14H2,1-2H3,(H,19,20);1H. The Hall–Kier alpha value is -1.18. The average Bonchev–Trinajstić information content (AvgIpc) is 3.36. The van der Waals surface area contributed by atoms with Crippen LogP contribution in [0.3, 0.4) is 0 Å². The van der Waals surface area contributed by atoms with E-state index in [1.165, 1.54) is 15.4 Å². The molecule has 29 heavy (non-hydrogen) atoms. The molecule has 2 aromatic heterocycles. The Labute approximate surface area is 193 Å². The molecule has 1 aliphatic rings. The summed E-state index contributed by atoms with van der Waals surface area (Å²) in [6.45, 7) is 5.13. The number of guanidine groups is 1. The Kier molecular flexibility index (Phi) is 9.37. The molecule has 1 saturated heterocycles. The van der Waals surface area contributed by atoms with E-state index < -0.39 is 10.0 Å². The lowest BCUT2D eigenvalue weighted by molar-refractivity contribution is 0.259. The highest BCUT2D eigenvalue weighted by Crippen LogP contribution is 2.15. The second kappa shape index (κ2) is 11.3. The first-order valence-electron chi connectivity index (χ1n) is 9.33. The first kappa shape index (κ1) is 24.1. The van der Waals surface area contributed by atoms with Gasteiger partial charge in [-0.05, 0) is 23.8 Å². The number of halogens is 1. The van der Waals surface area contributed by atoms with Crippen LogP contribution in [0.15, 0.2) is 39.4 Å². The second-order valence-electron chi connectivity index (χ2n) is 6.95. The Morgan fingerprint density at radius 1 is 1.34 bits per heavy atom. The van der Waals surface area contributed by atoms with Gasteiger partial charge in [-0.3, -0.25) is 4.99 Å². The number of piperazine rings is 1. The van der Waals surface area contributed by atoms with Gasteiger partial charge in [-0.25, -0.2) is 8.42 Å². The fourth-order valence-corrected chi connectivity index (χ4v) is 5.51. The molecule has 0 aromatic carbocycles. The van der Waals surface area contributed by atoms with E-state index in [4.69, 9.17) is 4.52 Å². The summed E-state index contributed by atoms with van der Waals surface area (Å²) in [5.74, 6) is 1.18. The van der Waals surface area contributed by atoms with Gasteiger partial charge in [0.25, 0.3) is 0 Å². The van der Waals surface area contributed by atoms with Crippen molar-refractivity contribution >= 4 is 51.3 Å². The molecule has 0 spiro atoms. The molecule has 1 aliphatic heterocycles. The van der Waals surface area contributed by atoms with Crippen molar-refractivity contribution in [2.75, 3.05) is 39.8 Å². The minimum Gasteiger partial charge on any atom is -0.364 e. The molecule has 0 saturated carbocycles. The predicted molar refractivity (Wildman–Crippen MR) is 126 cm³/mol. The second-order valence-corrected chi connectivity index (χ2v) is 9.95. The summed E-state index contributed by atoms with van der Waals surface area (Å²) in [6, 6.07) is 5.82. The fourth-order valence-electron chi connectivity index (χ4n) is 3.21. The summed E-state index contributed by atoms with van der Waals surface area (Å²) < 4.78 is 31.3. The molecule has 8 nitrogen and oxygen atoms in total. The van der Waals surface area contributed by atoms with E-state index in [1.807, 2.05) is 0 Å². The van der Waals surface area contributed by atoms with Crippen molar-refractivity contribution in [3.05, 3.63) is 40.4 Å². The van der Waals surface area contributed by atoms with Crippen molar-refractivity contribution < 1.29 is 12.9 Å². The highest BCUT2D eigenvalue weighted by atomic mass is 127. The van der Waals surface area contributed by atoms with E-state index in [0.717, 1.165) is 18.9 Å². The van der Waals surface area contributed by atoms with Crippen molar-refractivity contribution in [3.63, 3.8) is 0 Å². The normalized spacial score (nSPS) is 17.0. The van der Waals surface area contributed by atoms with Crippen LogP contribution in [-0.4, -0.2) is 68.5 Å². The molecule has 1 unspecified atom stereocenters. The summed E-state index contributed by atoms with van der Waals surface area (Å²) >= 11 is 1.78. The Morgan fingerprint density at radius 2 is 2.10 bits per heavy atom. The average molecular weight is 553 g/mol. The number of nitrogens with one attached hydrogen (secondary N) is 1. The van der Waals surface area contributed by atoms with E-state index in [2.05, 4.69) is 44.8 Å². The third kappa shape index (κ3) is 6.93. The maximum atomic E-state index is 12.5. The maximum absolute atomic E-state index is 12.5. The number of aromatic nitrogens is 1. The number of rotatable bonds is 7. The van der Waals surface area contributed by atoms with E-state index in [9.17, 15) is 8.42 Å². The molecule has 2 aromatic rings. The quantitative estimate of drug-likeness (QED) is 0.322. The van der Waals surface area contributed by atoms with E-state index in [0.29, 0.717) is 37.8 Å². The van der Waals surface area contributed by atoms with Gasteiger partial charge in [0.15, 0.2) is 5.96 Å². The van der Waals surface area contributed by atoms with Gasteiger partial charge in [0.2, 0.25) is 10.0 Å². The molecule has 0 bridgehead atoms. The van der Waals surface area contributed by atoms with Crippen LogP contribution in [0.25, 0.3) is 0 Å². The molecule has 3 heterocycles. The third-order valence-corrected chi connectivity index (χ3v) is 7.41. The topological polar surface area (TPSA) is 91.0 Å². The lowest BCUT2D eigenvalue weighted by atomic mass is 10.1. The molecule has 3 rings (SSSR count). The number of sulfonamides is 1. The molecule has 11 heteroatoms. The van der Waals surface area contributed by atoms with Gasteiger partial charge in [0.1, 0.15) is 12.0 Å². The van der Waals surface area contributed by atoms with Crippen LogP contribution in [0.2, 0.25) is 0 Å². The van der Waals surface area contributed by atoms with Gasteiger partial charge in [-0.1, -0.05) is 18.1 Å². The van der Waals surface area contributed by atoms with Crippen molar-refractivity contribution in [3.8, 4) is 0 Å². The van der Waals surface area contributed by atoms with Gasteiger partial charge < -0.3 is 14.7 Å². The molecule has 0 radical (unpaired) electrons. The fraction of sp³-hybridized carbons (Fsp3) is 0.556. The Morgan fingerprint density at radius 3 is 2.69 bits per heavy atom. The summed E-state index contributed by atoms with van der Waals surface area (Å²) in [6.07, 6.45) is 2.42. The van der Waals surface area contributed by atoms with Crippen molar-refractivity contribution in [1.29, 1.82) is 0 Å². The van der Waals surface area contributed by atoms with Crippen LogP contribution in [0.4, 0.5) is 0 Å². The van der Waals surface area contributed by atoms with Crippen LogP contribution in [0.5, 0.6) is 0 Å². The lowest BCUT2D eigenvalue weighted by Gasteiger charge is -2.36. The summed E-state index contributed by atoms with van der Waals surface area (Å²) in [4.78, 5) is 7.87. The molecule has 1 atom stereocenters. The van der Waals surface area contributed by atoms with Gasteiger partial charge in [0.05, 0.1) is 5.69 Å². The summed E-state index contributed by atoms with van der Waals surface area (Å²) in [5.41, 5.74) is 0.430. The number of hydrogen-bond donors (Lipinski definition) is 1. The number of hydrogen-bond acceptors (Lipinski definition) is 6. The van der Waals surface area contributed by atoms with Crippen molar-refractivity contribution in [2.24, 2.45) is 10.9 Å². The minimum atomic E-state index is -3.39. The van der Waals surface area contributed by atoms with Crippen molar-refractivity contribution in [1.82, 2.24) is 19.7 Å². The molecule has 162 valence electrons. The SMILES string of the molecule is CN=C(NCC(C)Cc1cccs1)N1CCN(S(=O)(=O)Cc2ccon2)CC1.I. The van der Waals surface area contributed by atoms with Crippen LogP contribution >= 0.6 is 35.3 Å². The monoisotopic (exact) mass is 553 g/mol. The Bertz CT molecular complexity index is 848. The Balaban J connectivity index is 0.00000300. The summed E-state index contributed by atoms with van der Waals surface area (Å²) in [7, 11) is -1.63. The zero-order valence-corrected chi connectivity index (χ0v) is 20.6. The van der Waals surface area contributed by atoms with Crippen LogP contribution in [0.1, 0.15) is 17.5 Å². The van der Waals surface area contributed by atoms with Crippen molar-refractivity contribution in [2.45, 2.75) is 19.1 Å². The molecule has 1 fully saturated rings. The van der Waals surface area contributed by atoms with E-state index in [1.54, 1.807) is 24.5 Å². The largest absolute Gasteiger partial charge is 0.364 e. The molecule has 0 aliphatic carbocycles. The first-order valence-corrected chi connectivity index (χ1v) is 11.8. The first-order chi connectivity index (χ1) is 13.5. The van der Waals surface area contributed by atoms with Gasteiger partial charge in [0, 0.05) is 50.7 Å². The summed E-state index contributed by atoms with van der Waals surface area (Å²) in [5, 5.41) is 9.23. The maximum Gasteiger partial charge on any atom is 0.220 e. The third-order valence-electron chi connectivity index (χ3n) is 4.70. The number of nitrogens with zero attached hydrogens (tertiary/aromatic N) is 4. The minimum absolute atomic E-state index is 0. The highest BCUT2D eigenvalue weighted by molar-refractivity contribution is 14.0. The zero-order chi connectivity index (χ0) is 20.0. The number of thiophene rings is 1. The van der Waals surface area contributed by atoms with E-state index >= 15 is 0 Å². The van der Waals surface area contributed by atoms with Crippen LogP contribution in [-0.2, 0) is 22.2 Å². The van der Waals surface area contributed by atoms with Gasteiger partial charge >= 0.3 is 0 Å². The van der Waals surface area contributed by atoms with E-state index in [-0.39, 0.29) is 29.7 Å². The molecule has 0 amide bonds. The number of aliphatic imine (C=N–C) groups is 1. The smallest absolute Gasteiger partial charge is 0.220 e. The molecule has 1 N–H and O–H groups in total. The molecular weight excluding hydrogens is 525 g/mol.